The zero-order valence-corrected chi connectivity index (χ0v) is 20.8. The monoisotopic (exact) mass is 505 g/mol. The maximum absolute atomic E-state index is 13.3. The molecule has 0 bridgehead atoms. The summed E-state index contributed by atoms with van der Waals surface area (Å²) in [4.78, 5) is 17.2. The summed E-state index contributed by atoms with van der Waals surface area (Å²) in [6.07, 6.45) is 3.06. The van der Waals surface area contributed by atoms with Crippen molar-refractivity contribution in [1.82, 2.24) is 19.9 Å². The van der Waals surface area contributed by atoms with Crippen molar-refractivity contribution in [2.75, 3.05) is 11.8 Å². The van der Waals surface area contributed by atoms with E-state index in [9.17, 15) is 8.42 Å². The molecule has 10 nitrogen and oxygen atoms in total. The van der Waals surface area contributed by atoms with Crippen molar-refractivity contribution in [2.45, 2.75) is 31.1 Å². The maximum Gasteiger partial charge on any atom is 0.269 e. The van der Waals surface area contributed by atoms with E-state index in [-0.39, 0.29) is 45.2 Å². The minimum atomic E-state index is -4.05. The first-order chi connectivity index (χ1) is 17.2. The first kappa shape index (κ1) is 23.5. The van der Waals surface area contributed by atoms with Crippen LogP contribution >= 0.6 is 0 Å². The van der Waals surface area contributed by atoms with Gasteiger partial charge in [-0.05, 0) is 41.3 Å². The van der Waals surface area contributed by atoms with Gasteiger partial charge in [-0.3, -0.25) is 4.72 Å². The summed E-state index contributed by atoms with van der Waals surface area (Å²) in [6, 6.07) is 13.4. The molecule has 0 radical (unpaired) electrons. The molecule has 3 heterocycles. The normalized spacial score (nSPS) is 12.6. The van der Waals surface area contributed by atoms with Crippen LogP contribution in [-0.4, -0.2) is 35.5 Å². The zero-order valence-electron chi connectivity index (χ0n) is 20.0. The van der Waals surface area contributed by atoms with Gasteiger partial charge < -0.3 is 14.2 Å². The molecule has 2 aromatic carbocycles. The highest BCUT2D eigenvalue weighted by molar-refractivity contribution is 7.92. The number of methoxy groups -OCH3 is 1. The summed E-state index contributed by atoms with van der Waals surface area (Å²) in [5, 5.41) is 0. The quantitative estimate of drug-likeness (QED) is 0.353. The lowest BCUT2D eigenvalue weighted by Gasteiger charge is -2.23. The summed E-state index contributed by atoms with van der Waals surface area (Å²) in [6.45, 7) is 6.16. The smallest absolute Gasteiger partial charge is 0.269 e. The number of nitrogens with zero attached hydrogens (tertiary/aromatic N) is 4. The highest BCUT2D eigenvalue weighted by atomic mass is 32.2. The summed E-state index contributed by atoms with van der Waals surface area (Å²) in [5.41, 5.74) is 0.883. The third-order valence-electron chi connectivity index (χ3n) is 5.44. The molecule has 0 unspecified atom stereocenters. The van der Waals surface area contributed by atoms with E-state index < -0.39 is 10.0 Å². The molecule has 0 atom stereocenters. The van der Waals surface area contributed by atoms with Crippen molar-refractivity contribution in [3.05, 3.63) is 66.5 Å². The number of hydrogen-bond donors (Lipinski definition) is 1. The Morgan fingerprint density at radius 1 is 0.861 bits per heavy atom. The van der Waals surface area contributed by atoms with Crippen LogP contribution < -0.4 is 18.9 Å². The van der Waals surface area contributed by atoms with Crippen LogP contribution in [0.1, 0.15) is 26.3 Å². The number of hydrogen-bond acceptors (Lipinski definition) is 9. The fraction of sp³-hybridized carbons (Fsp3) is 0.200. The lowest BCUT2D eigenvalue weighted by atomic mass is 9.87. The molecule has 1 aliphatic rings. The fourth-order valence-electron chi connectivity index (χ4n) is 3.54. The van der Waals surface area contributed by atoms with E-state index in [0.717, 1.165) is 5.56 Å². The van der Waals surface area contributed by atoms with Crippen LogP contribution in [-0.2, 0) is 15.4 Å². The number of benzene rings is 2. The SMILES string of the molecule is COc1cccc2c1Oc1c(NS(=O)(=O)c3ccc(C(C)(C)C)cc3)nc(-c3ncccn3)nc1O2. The van der Waals surface area contributed by atoms with Crippen molar-refractivity contribution < 1.29 is 22.6 Å². The number of fused-ring (bicyclic) bond motifs is 2. The number of ether oxygens (including phenoxy) is 3. The molecule has 0 spiro atoms. The predicted octanol–water partition coefficient (Wildman–Crippen LogP) is 4.94. The second-order valence-corrected chi connectivity index (χ2v) is 10.7. The van der Waals surface area contributed by atoms with E-state index in [1.165, 1.54) is 19.5 Å². The number of anilines is 1. The van der Waals surface area contributed by atoms with E-state index in [1.54, 1.807) is 48.5 Å². The minimum Gasteiger partial charge on any atom is -0.493 e. The number of rotatable bonds is 5. The minimum absolute atomic E-state index is 0.00832. The Hall–Kier alpha value is -4.25. The van der Waals surface area contributed by atoms with Gasteiger partial charge in [0.25, 0.3) is 15.9 Å². The highest BCUT2D eigenvalue weighted by Crippen LogP contribution is 2.51. The molecule has 0 fully saturated rings. The molecular formula is C25H23N5O5S. The topological polar surface area (TPSA) is 125 Å². The average Bonchev–Trinajstić information content (AvgIpc) is 2.87. The van der Waals surface area contributed by atoms with Crippen LogP contribution in [0, 0.1) is 0 Å². The number of nitrogens with one attached hydrogen (secondary N) is 1. The Morgan fingerprint density at radius 2 is 1.58 bits per heavy atom. The van der Waals surface area contributed by atoms with Crippen molar-refractivity contribution in [3.63, 3.8) is 0 Å². The Bertz CT molecular complexity index is 1540. The van der Waals surface area contributed by atoms with Crippen LogP contribution in [0.2, 0.25) is 0 Å². The largest absolute Gasteiger partial charge is 0.493 e. The first-order valence-corrected chi connectivity index (χ1v) is 12.5. The van der Waals surface area contributed by atoms with Gasteiger partial charge in [0, 0.05) is 12.4 Å². The first-order valence-electron chi connectivity index (χ1n) is 11.0. The van der Waals surface area contributed by atoms with Crippen molar-refractivity contribution in [3.8, 4) is 40.5 Å². The van der Waals surface area contributed by atoms with Crippen LogP contribution in [0.5, 0.6) is 28.9 Å². The summed E-state index contributed by atoms with van der Waals surface area (Å²) < 4.78 is 46.5. The van der Waals surface area contributed by atoms with E-state index in [4.69, 9.17) is 14.2 Å². The van der Waals surface area contributed by atoms with Gasteiger partial charge in [0.1, 0.15) is 0 Å². The van der Waals surface area contributed by atoms with E-state index in [1.807, 2.05) is 0 Å². The van der Waals surface area contributed by atoms with Crippen molar-refractivity contribution >= 4 is 15.8 Å². The molecule has 184 valence electrons. The van der Waals surface area contributed by atoms with Gasteiger partial charge in [0.2, 0.25) is 17.3 Å². The van der Waals surface area contributed by atoms with Crippen LogP contribution in [0.4, 0.5) is 5.82 Å². The lowest BCUT2D eigenvalue weighted by Crippen LogP contribution is -2.17. The van der Waals surface area contributed by atoms with Gasteiger partial charge in [-0.25, -0.2) is 23.4 Å². The number of para-hydroxylation sites is 1. The highest BCUT2D eigenvalue weighted by Gasteiger charge is 2.31. The molecule has 0 aliphatic carbocycles. The van der Waals surface area contributed by atoms with Gasteiger partial charge in [-0.2, -0.15) is 4.98 Å². The van der Waals surface area contributed by atoms with Gasteiger partial charge in [-0.1, -0.05) is 39.0 Å². The van der Waals surface area contributed by atoms with Crippen molar-refractivity contribution in [2.24, 2.45) is 0 Å². The van der Waals surface area contributed by atoms with Crippen LogP contribution in [0.15, 0.2) is 65.8 Å². The van der Waals surface area contributed by atoms with E-state index in [2.05, 4.69) is 45.4 Å². The summed E-state index contributed by atoms with van der Waals surface area (Å²) in [5.74, 6) is 1.15. The predicted molar refractivity (Wildman–Crippen MR) is 132 cm³/mol. The molecule has 0 saturated carbocycles. The maximum atomic E-state index is 13.3. The standard InChI is InChI=1S/C25H23N5O5S/c1-25(2,3)15-9-11-16(12-10-15)36(31,32)30-21-20-24(29-23(28-21)22-26-13-6-14-27-22)34-18-8-5-7-17(33-4)19(18)35-20/h5-14H,1-4H3,(H,28,29,30). The second-order valence-electron chi connectivity index (χ2n) is 8.97. The zero-order chi connectivity index (χ0) is 25.5. The summed E-state index contributed by atoms with van der Waals surface area (Å²) in [7, 11) is -2.56. The Labute approximate surface area is 208 Å². The molecule has 0 saturated heterocycles. The van der Waals surface area contributed by atoms with E-state index >= 15 is 0 Å². The van der Waals surface area contributed by atoms with Gasteiger partial charge >= 0.3 is 0 Å². The molecule has 36 heavy (non-hydrogen) atoms. The Kier molecular flexibility index (Phi) is 5.71. The van der Waals surface area contributed by atoms with Crippen molar-refractivity contribution in [1.29, 1.82) is 0 Å². The fourth-order valence-corrected chi connectivity index (χ4v) is 4.54. The molecule has 1 aliphatic heterocycles. The molecule has 1 N–H and O–H groups in total. The van der Waals surface area contributed by atoms with E-state index in [0.29, 0.717) is 11.5 Å². The van der Waals surface area contributed by atoms with Gasteiger partial charge in [-0.15, -0.1) is 0 Å². The molecule has 0 amide bonds. The van der Waals surface area contributed by atoms with Gasteiger partial charge in [0.15, 0.2) is 23.1 Å². The third kappa shape index (κ3) is 4.40. The Morgan fingerprint density at radius 3 is 2.25 bits per heavy atom. The van der Waals surface area contributed by atoms with Gasteiger partial charge in [0.05, 0.1) is 12.0 Å². The molecule has 11 heteroatoms. The number of aromatic nitrogens is 4. The lowest BCUT2D eigenvalue weighted by molar-refractivity contribution is 0.321. The molecule has 2 aromatic heterocycles. The number of sulfonamides is 1. The second kappa shape index (κ2) is 8.76. The Balaban J connectivity index is 1.60. The molecular weight excluding hydrogens is 482 g/mol. The molecule has 4 aromatic rings. The average molecular weight is 506 g/mol. The summed E-state index contributed by atoms with van der Waals surface area (Å²) >= 11 is 0. The van der Waals surface area contributed by atoms with Crippen LogP contribution in [0.3, 0.4) is 0 Å². The third-order valence-corrected chi connectivity index (χ3v) is 6.79. The van der Waals surface area contributed by atoms with Crippen LogP contribution in [0.25, 0.3) is 11.6 Å². The molecule has 5 rings (SSSR count).